The fourth-order valence-electron chi connectivity index (χ4n) is 1.53. The molecule has 0 aliphatic heterocycles. The molecular weight excluding hydrogens is 204 g/mol. The van der Waals surface area contributed by atoms with Gasteiger partial charge < -0.3 is 0 Å². The highest BCUT2D eigenvalue weighted by atomic mass is 35.5. The van der Waals surface area contributed by atoms with E-state index in [-0.39, 0.29) is 5.78 Å². The van der Waals surface area contributed by atoms with Crippen molar-refractivity contribution in [1.82, 2.24) is 0 Å². The second-order valence-electron chi connectivity index (χ2n) is 3.10. The van der Waals surface area contributed by atoms with Gasteiger partial charge in [-0.1, -0.05) is 11.6 Å². The molecule has 0 fully saturated rings. The van der Waals surface area contributed by atoms with Crippen molar-refractivity contribution in [3.8, 4) is 0 Å². The van der Waals surface area contributed by atoms with Crippen LogP contribution in [0.25, 0.3) is 5.57 Å². The molecule has 0 N–H and O–H groups in total. The second kappa shape index (κ2) is 3.64. The summed E-state index contributed by atoms with van der Waals surface area (Å²) in [4.78, 5) is 11.2. The van der Waals surface area contributed by atoms with Crippen molar-refractivity contribution in [1.29, 1.82) is 0 Å². The highest BCUT2D eigenvalue weighted by Crippen LogP contribution is 2.33. The fraction of sp³-hybridized carbons (Fsp3) is 0.300. The fourth-order valence-corrected chi connectivity index (χ4v) is 2.52. The molecule has 0 bridgehead atoms. The molecule has 1 nitrogen and oxygen atoms in total. The Labute approximate surface area is 86.0 Å². The normalized spacial score (nSPS) is 17.3. The summed E-state index contributed by atoms with van der Waals surface area (Å²) in [7, 11) is 0. The number of hydrogen-bond acceptors (Lipinski definition) is 2. The van der Waals surface area contributed by atoms with Crippen molar-refractivity contribution >= 4 is 34.3 Å². The number of ketones is 1. The first-order valence-electron chi connectivity index (χ1n) is 4.24. The summed E-state index contributed by atoms with van der Waals surface area (Å²) in [5.41, 5.74) is 2.14. The van der Waals surface area contributed by atoms with Gasteiger partial charge in [-0.05, 0) is 35.9 Å². The standard InChI is InChI=1S/C10H9ClOS/c11-10-9(4-5-13-10)7-2-1-3-8(12)6-7/h4-6H,1-3H2. The Hall–Kier alpha value is -0.600. The van der Waals surface area contributed by atoms with Crippen molar-refractivity contribution < 1.29 is 4.79 Å². The predicted octanol–water partition coefficient (Wildman–Crippen LogP) is 3.54. The van der Waals surface area contributed by atoms with E-state index >= 15 is 0 Å². The van der Waals surface area contributed by atoms with E-state index in [1.807, 2.05) is 11.4 Å². The monoisotopic (exact) mass is 212 g/mol. The van der Waals surface area contributed by atoms with Crippen LogP contribution in [0.5, 0.6) is 0 Å². The lowest BCUT2D eigenvalue weighted by molar-refractivity contribution is -0.114. The third-order valence-electron chi connectivity index (χ3n) is 2.17. The van der Waals surface area contributed by atoms with Gasteiger partial charge in [-0.3, -0.25) is 4.79 Å². The molecule has 1 aliphatic carbocycles. The zero-order chi connectivity index (χ0) is 9.26. The summed E-state index contributed by atoms with van der Waals surface area (Å²) >= 11 is 7.50. The lowest BCUT2D eigenvalue weighted by atomic mass is 9.95. The average molecular weight is 213 g/mol. The maximum atomic E-state index is 11.2. The van der Waals surface area contributed by atoms with E-state index in [1.165, 1.54) is 11.3 Å². The van der Waals surface area contributed by atoms with Crippen LogP contribution in [-0.2, 0) is 4.79 Å². The topological polar surface area (TPSA) is 17.1 Å². The van der Waals surface area contributed by atoms with Gasteiger partial charge in [-0.2, -0.15) is 0 Å². The molecular formula is C10H9ClOS. The van der Waals surface area contributed by atoms with E-state index in [9.17, 15) is 4.79 Å². The van der Waals surface area contributed by atoms with Crippen LogP contribution in [0.15, 0.2) is 17.5 Å². The van der Waals surface area contributed by atoms with Crippen LogP contribution in [0.1, 0.15) is 24.8 Å². The molecule has 68 valence electrons. The molecule has 3 heteroatoms. The number of carbonyl (C=O) groups excluding carboxylic acids is 1. The van der Waals surface area contributed by atoms with Crippen LogP contribution < -0.4 is 0 Å². The lowest BCUT2D eigenvalue weighted by Crippen LogP contribution is -2.01. The number of rotatable bonds is 1. The molecule has 0 radical (unpaired) electrons. The Kier molecular flexibility index (Phi) is 2.51. The van der Waals surface area contributed by atoms with E-state index in [2.05, 4.69) is 0 Å². The van der Waals surface area contributed by atoms with Gasteiger partial charge in [0.25, 0.3) is 0 Å². The smallest absolute Gasteiger partial charge is 0.155 e. The zero-order valence-corrected chi connectivity index (χ0v) is 8.62. The molecule has 0 amide bonds. The van der Waals surface area contributed by atoms with Gasteiger partial charge in [0.1, 0.15) is 4.34 Å². The Bertz CT molecular complexity index is 365. The number of halogens is 1. The van der Waals surface area contributed by atoms with E-state index in [0.717, 1.165) is 28.3 Å². The molecule has 1 heterocycles. The zero-order valence-electron chi connectivity index (χ0n) is 7.05. The van der Waals surface area contributed by atoms with E-state index in [0.29, 0.717) is 6.42 Å². The first-order chi connectivity index (χ1) is 6.27. The Morgan fingerprint density at radius 3 is 2.85 bits per heavy atom. The molecule has 0 saturated carbocycles. The van der Waals surface area contributed by atoms with Crippen LogP contribution in [-0.4, -0.2) is 5.78 Å². The van der Waals surface area contributed by atoms with Gasteiger partial charge in [0.15, 0.2) is 5.78 Å². The first kappa shape index (κ1) is 8.97. The SMILES string of the molecule is O=C1C=C(c2ccsc2Cl)CCC1. The third-order valence-corrected chi connectivity index (χ3v) is 3.34. The van der Waals surface area contributed by atoms with E-state index in [4.69, 9.17) is 11.6 Å². The summed E-state index contributed by atoms with van der Waals surface area (Å²) in [5, 5.41) is 1.96. The third kappa shape index (κ3) is 1.84. The molecule has 0 saturated heterocycles. The minimum atomic E-state index is 0.225. The maximum Gasteiger partial charge on any atom is 0.155 e. The molecule has 0 unspecified atom stereocenters. The van der Waals surface area contributed by atoms with E-state index < -0.39 is 0 Å². The molecule has 0 aromatic carbocycles. The van der Waals surface area contributed by atoms with Gasteiger partial charge >= 0.3 is 0 Å². The Morgan fingerprint density at radius 2 is 2.23 bits per heavy atom. The number of thiophene rings is 1. The Morgan fingerprint density at radius 1 is 1.38 bits per heavy atom. The van der Waals surface area contributed by atoms with Gasteiger partial charge in [0.2, 0.25) is 0 Å². The van der Waals surface area contributed by atoms with Gasteiger partial charge in [-0.25, -0.2) is 0 Å². The molecule has 13 heavy (non-hydrogen) atoms. The van der Waals surface area contributed by atoms with Crippen molar-refractivity contribution in [2.45, 2.75) is 19.3 Å². The highest BCUT2D eigenvalue weighted by molar-refractivity contribution is 7.14. The van der Waals surface area contributed by atoms with Gasteiger partial charge in [0.05, 0.1) is 0 Å². The first-order valence-corrected chi connectivity index (χ1v) is 5.50. The van der Waals surface area contributed by atoms with Crippen LogP contribution in [0, 0.1) is 0 Å². The van der Waals surface area contributed by atoms with E-state index in [1.54, 1.807) is 6.08 Å². The summed E-state index contributed by atoms with van der Waals surface area (Å²) in [6.07, 6.45) is 4.35. The largest absolute Gasteiger partial charge is 0.295 e. The molecule has 1 aromatic rings. The van der Waals surface area contributed by atoms with Gasteiger partial charge in [-0.15, -0.1) is 11.3 Å². The molecule has 1 aliphatic rings. The summed E-state index contributed by atoms with van der Waals surface area (Å²) < 4.78 is 0.793. The number of carbonyl (C=O) groups is 1. The second-order valence-corrected chi connectivity index (χ2v) is 4.62. The number of allylic oxidation sites excluding steroid dienone is 2. The van der Waals surface area contributed by atoms with Crippen molar-refractivity contribution in [3.05, 3.63) is 27.4 Å². The minimum Gasteiger partial charge on any atom is -0.295 e. The van der Waals surface area contributed by atoms with Crippen LogP contribution >= 0.6 is 22.9 Å². The van der Waals surface area contributed by atoms with Crippen LogP contribution in [0.2, 0.25) is 4.34 Å². The lowest BCUT2D eigenvalue weighted by Gasteiger charge is -2.10. The molecule has 0 atom stereocenters. The van der Waals surface area contributed by atoms with Crippen molar-refractivity contribution in [3.63, 3.8) is 0 Å². The summed E-state index contributed by atoms with van der Waals surface area (Å²) in [5.74, 6) is 0.225. The van der Waals surface area contributed by atoms with Crippen molar-refractivity contribution in [2.75, 3.05) is 0 Å². The summed E-state index contributed by atoms with van der Waals surface area (Å²) in [6.45, 7) is 0. The van der Waals surface area contributed by atoms with Crippen LogP contribution in [0.3, 0.4) is 0 Å². The van der Waals surface area contributed by atoms with Crippen LogP contribution in [0.4, 0.5) is 0 Å². The van der Waals surface area contributed by atoms with Gasteiger partial charge in [0, 0.05) is 12.0 Å². The Balaban J connectivity index is 2.36. The predicted molar refractivity (Wildman–Crippen MR) is 56.2 cm³/mol. The quantitative estimate of drug-likeness (QED) is 0.696. The highest BCUT2D eigenvalue weighted by Gasteiger charge is 2.14. The van der Waals surface area contributed by atoms with Crippen molar-refractivity contribution in [2.24, 2.45) is 0 Å². The summed E-state index contributed by atoms with van der Waals surface area (Å²) in [6, 6.07) is 1.98. The molecule has 1 aromatic heterocycles. The average Bonchev–Trinajstić information content (AvgIpc) is 2.51. The minimum absolute atomic E-state index is 0.225. The maximum absolute atomic E-state index is 11.2. The number of hydrogen-bond donors (Lipinski definition) is 0. The molecule has 0 spiro atoms. The molecule has 2 rings (SSSR count).